The van der Waals surface area contributed by atoms with E-state index in [-0.39, 0.29) is 17.4 Å². The second-order valence-corrected chi connectivity index (χ2v) is 8.25. The minimum atomic E-state index is -0.438. The number of anilines is 1. The summed E-state index contributed by atoms with van der Waals surface area (Å²) in [5, 5.41) is 14.8. The second kappa shape index (κ2) is 11.4. The number of rotatable bonds is 8. The molecule has 0 aliphatic rings. The normalized spacial score (nSPS) is 11.1. The van der Waals surface area contributed by atoms with Gasteiger partial charge < -0.3 is 14.8 Å². The van der Waals surface area contributed by atoms with E-state index in [9.17, 15) is 14.4 Å². The number of nitrogens with zero attached hydrogens (tertiary/aromatic N) is 1. The zero-order valence-electron chi connectivity index (χ0n) is 19.4. The van der Waals surface area contributed by atoms with Crippen molar-refractivity contribution in [3.05, 3.63) is 101 Å². The first kappa shape index (κ1) is 24.8. The minimum Gasteiger partial charge on any atom is -0.490 e. The third-order valence-corrected chi connectivity index (χ3v) is 5.58. The summed E-state index contributed by atoms with van der Waals surface area (Å²) in [7, 11) is 0. The van der Waals surface area contributed by atoms with Gasteiger partial charge in [0.1, 0.15) is 5.82 Å². The van der Waals surface area contributed by atoms with Gasteiger partial charge in [-0.2, -0.15) is 5.26 Å². The van der Waals surface area contributed by atoms with Gasteiger partial charge in [-0.25, -0.2) is 4.39 Å². The van der Waals surface area contributed by atoms with Gasteiger partial charge in [0.05, 0.1) is 23.3 Å². The molecular weight excluding hydrogens is 479 g/mol. The Kier molecular flexibility index (Phi) is 7.84. The zero-order chi connectivity index (χ0) is 25.5. The Morgan fingerprint density at radius 1 is 1.03 bits per heavy atom. The van der Waals surface area contributed by atoms with E-state index in [1.165, 1.54) is 24.3 Å². The molecule has 36 heavy (non-hydrogen) atoms. The summed E-state index contributed by atoms with van der Waals surface area (Å²) < 4.78 is 24.4. The predicted octanol–water partition coefficient (Wildman–Crippen LogP) is 7.11. The number of nitriles is 1. The Morgan fingerprint density at radius 2 is 1.78 bits per heavy atom. The summed E-state index contributed by atoms with van der Waals surface area (Å²) in [4.78, 5) is 12.3. The highest BCUT2D eigenvalue weighted by Gasteiger charge is 2.15. The molecular formula is C29H22ClFN2O3. The van der Waals surface area contributed by atoms with Crippen LogP contribution in [0.15, 0.2) is 78.9 Å². The highest BCUT2D eigenvalue weighted by molar-refractivity contribution is 6.32. The Labute approximate surface area is 213 Å². The van der Waals surface area contributed by atoms with Crippen molar-refractivity contribution >= 4 is 45.6 Å². The van der Waals surface area contributed by atoms with E-state index < -0.39 is 11.7 Å². The second-order valence-electron chi connectivity index (χ2n) is 7.84. The van der Waals surface area contributed by atoms with Crippen LogP contribution in [0.1, 0.15) is 18.1 Å². The molecule has 0 fully saturated rings. The summed E-state index contributed by atoms with van der Waals surface area (Å²) >= 11 is 6.49. The van der Waals surface area contributed by atoms with Crippen molar-refractivity contribution in [3.8, 4) is 17.6 Å². The summed E-state index contributed by atoms with van der Waals surface area (Å²) in [6.07, 6.45) is 1.73. The molecule has 0 saturated carbocycles. The molecule has 0 bridgehead atoms. The SMILES string of the molecule is CCOc1cc(/C=C(/C#N)c2ccc3ccccc3c2)cc(Cl)c1OCC(=O)Nc1ccc(F)cc1. The van der Waals surface area contributed by atoms with Gasteiger partial charge in [-0.05, 0) is 77.4 Å². The van der Waals surface area contributed by atoms with Crippen LogP contribution in [0.25, 0.3) is 22.4 Å². The summed E-state index contributed by atoms with van der Waals surface area (Å²) in [6, 6.07) is 24.8. The number of hydrogen-bond donors (Lipinski definition) is 1. The zero-order valence-corrected chi connectivity index (χ0v) is 20.2. The van der Waals surface area contributed by atoms with E-state index in [0.29, 0.717) is 29.2 Å². The maximum absolute atomic E-state index is 13.1. The number of hydrogen-bond acceptors (Lipinski definition) is 4. The first-order chi connectivity index (χ1) is 17.5. The molecule has 4 aromatic rings. The molecule has 0 spiro atoms. The monoisotopic (exact) mass is 500 g/mol. The molecule has 0 aliphatic carbocycles. The van der Waals surface area contributed by atoms with Crippen LogP contribution in [0, 0.1) is 17.1 Å². The molecule has 0 radical (unpaired) electrons. The van der Waals surface area contributed by atoms with Crippen LogP contribution in [-0.4, -0.2) is 19.1 Å². The van der Waals surface area contributed by atoms with Crippen LogP contribution in [0.4, 0.5) is 10.1 Å². The Balaban J connectivity index is 1.56. The molecule has 1 amide bonds. The number of allylic oxidation sites excluding steroid dienone is 1. The van der Waals surface area contributed by atoms with E-state index in [0.717, 1.165) is 16.3 Å². The van der Waals surface area contributed by atoms with Crippen LogP contribution < -0.4 is 14.8 Å². The summed E-state index contributed by atoms with van der Waals surface area (Å²) in [5.74, 6) is -0.269. The van der Waals surface area contributed by atoms with E-state index in [2.05, 4.69) is 11.4 Å². The molecule has 0 aliphatic heterocycles. The molecule has 0 heterocycles. The fraction of sp³-hybridized carbons (Fsp3) is 0.103. The van der Waals surface area contributed by atoms with E-state index in [1.54, 1.807) is 18.2 Å². The van der Waals surface area contributed by atoms with Crippen LogP contribution in [0.3, 0.4) is 0 Å². The number of benzene rings is 4. The summed E-state index contributed by atoms with van der Waals surface area (Å²) in [6.45, 7) is 1.83. The number of nitrogens with one attached hydrogen (secondary N) is 1. The lowest BCUT2D eigenvalue weighted by atomic mass is 10.00. The van der Waals surface area contributed by atoms with Gasteiger partial charge in [-0.1, -0.05) is 48.0 Å². The predicted molar refractivity (Wildman–Crippen MR) is 141 cm³/mol. The van der Waals surface area contributed by atoms with Gasteiger partial charge in [-0.3, -0.25) is 4.79 Å². The minimum absolute atomic E-state index is 0.217. The van der Waals surface area contributed by atoms with E-state index >= 15 is 0 Å². The lowest BCUT2D eigenvalue weighted by molar-refractivity contribution is -0.118. The molecule has 7 heteroatoms. The largest absolute Gasteiger partial charge is 0.490 e. The third kappa shape index (κ3) is 6.01. The number of carbonyl (C=O) groups is 1. The maximum Gasteiger partial charge on any atom is 0.262 e. The van der Waals surface area contributed by atoms with Crippen molar-refractivity contribution in [2.75, 3.05) is 18.5 Å². The summed E-state index contributed by atoms with van der Waals surface area (Å²) in [5.41, 5.74) is 2.34. The van der Waals surface area contributed by atoms with Crippen LogP contribution >= 0.6 is 11.6 Å². The van der Waals surface area contributed by atoms with Gasteiger partial charge in [0.25, 0.3) is 5.91 Å². The van der Waals surface area contributed by atoms with Gasteiger partial charge in [0.2, 0.25) is 0 Å². The smallest absolute Gasteiger partial charge is 0.262 e. The Bertz CT molecular complexity index is 1480. The fourth-order valence-electron chi connectivity index (χ4n) is 3.65. The van der Waals surface area contributed by atoms with Crippen molar-refractivity contribution in [2.24, 2.45) is 0 Å². The number of ether oxygens (including phenoxy) is 2. The van der Waals surface area contributed by atoms with Gasteiger partial charge >= 0.3 is 0 Å². The topological polar surface area (TPSA) is 71.3 Å². The number of fused-ring (bicyclic) bond motifs is 1. The Hall–Kier alpha value is -4.34. The standard InChI is InChI=1S/C29H22ClFN2O3/c1-2-35-27-15-19(13-23(17-32)22-8-7-20-5-3-4-6-21(20)16-22)14-26(30)29(27)36-18-28(34)33-25-11-9-24(31)10-12-25/h3-16H,2,18H2,1H3,(H,33,34)/b23-13-. The lowest BCUT2D eigenvalue weighted by Crippen LogP contribution is -2.20. The van der Waals surface area contributed by atoms with Crippen LogP contribution in [-0.2, 0) is 4.79 Å². The third-order valence-electron chi connectivity index (χ3n) is 5.30. The van der Waals surface area contributed by atoms with E-state index in [1.807, 2.05) is 49.4 Å². The maximum atomic E-state index is 13.1. The van der Waals surface area contributed by atoms with Gasteiger partial charge in [0, 0.05) is 5.69 Å². The number of amides is 1. The van der Waals surface area contributed by atoms with Crippen molar-refractivity contribution in [3.63, 3.8) is 0 Å². The highest BCUT2D eigenvalue weighted by atomic mass is 35.5. The first-order valence-corrected chi connectivity index (χ1v) is 11.6. The molecule has 0 aromatic heterocycles. The first-order valence-electron chi connectivity index (χ1n) is 11.2. The molecule has 1 N–H and O–H groups in total. The molecule has 5 nitrogen and oxygen atoms in total. The average Bonchev–Trinajstić information content (AvgIpc) is 2.88. The highest BCUT2D eigenvalue weighted by Crippen LogP contribution is 2.38. The molecule has 4 rings (SSSR count). The average molecular weight is 501 g/mol. The van der Waals surface area contributed by atoms with Crippen molar-refractivity contribution in [1.29, 1.82) is 5.26 Å². The molecule has 0 saturated heterocycles. The molecule has 4 aromatic carbocycles. The Morgan fingerprint density at radius 3 is 2.50 bits per heavy atom. The lowest BCUT2D eigenvalue weighted by Gasteiger charge is -2.15. The molecule has 180 valence electrons. The number of carbonyl (C=O) groups excluding carboxylic acids is 1. The van der Waals surface area contributed by atoms with Crippen molar-refractivity contribution in [2.45, 2.75) is 6.92 Å². The van der Waals surface area contributed by atoms with Crippen molar-refractivity contribution in [1.82, 2.24) is 0 Å². The van der Waals surface area contributed by atoms with Gasteiger partial charge in [-0.15, -0.1) is 0 Å². The van der Waals surface area contributed by atoms with Crippen LogP contribution in [0.5, 0.6) is 11.5 Å². The van der Waals surface area contributed by atoms with Crippen LogP contribution in [0.2, 0.25) is 5.02 Å². The quantitative estimate of drug-likeness (QED) is 0.207. The van der Waals surface area contributed by atoms with E-state index in [4.69, 9.17) is 21.1 Å². The van der Waals surface area contributed by atoms with Crippen molar-refractivity contribution < 1.29 is 18.7 Å². The van der Waals surface area contributed by atoms with Gasteiger partial charge in [0.15, 0.2) is 18.1 Å². The fourth-order valence-corrected chi connectivity index (χ4v) is 3.92. The number of halogens is 2. The molecule has 0 unspecified atom stereocenters. The molecule has 0 atom stereocenters.